The third kappa shape index (κ3) is 4.23. The van der Waals surface area contributed by atoms with Crippen molar-refractivity contribution in [1.82, 2.24) is 5.01 Å². The van der Waals surface area contributed by atoms with Crippen LogP contribution >= 0.6 is 15.9 Å². The summed E-state index contributed by atoms with van der Waals surface area (Å²) in [5, 5.41) is 6.21. The first-order valence-electron chi connectivity index (χ1n) is 10.1. The number of halogens is 1. The van der Waals surface area contributed by atoms with Gasteiger partial charge in [0.05, 0.1) is 26.0 Å². The summed E-state index contributed by atoms with van der Waals surface area (Å²) in [7, 11) is 7.20. The van der Waals surface area contributed by atoms with Gasteiger partial charge < -0.3 is 18.8 Å². The predicted octanol–water partition coefficient (Wildman–Crippen LogP) is 5.12. The van der Waals surface area contributed by atoms with Gasteiger partial charge in [-0.3, -0.25) is 4.79 Å². The van der Waals surface area contributed by atoms with Crippen molar-refractivity contribution in [1.29, 1.82) is 0 Å². The maximum Gasteiger partial charge on any atom is 0.310 e. The number of carbonyl (C=O) groups is 1. The number of anilines is 1. The minimum Gasteiger partial charge on any atom is -0.497 e. The van der Waals surface area contributed by atoms with Crippen LogP contribution in [0.4, 0.5) is 5.69 Å². The molecular formula is C24H24BrN3O4. The molecule has 7 nitrogen and oxygen atoms in total. The van der Waals surface area contributed by atoms with Gasteiger partial charge in [-0.2, -0.15) is 5.10 Å². The molecule has 0 aliphatic carbocycles. The topological polar surface area (TPSA) is 67.5 Å². The van der Waals surface area contributed by atoms with Crippen LogP contribution in [0.2, 0.25) is 0 Å². The molecular weight excluding hydrogens is 474 g/mol. The van der Waals surface area contributed by atoms with E-state index in [-0.39, 0.29) is 17.7 Å². The molecule has 0 saturated carbocycles. The summed E-state index contributed by atoms with van der Waals surface area (Å²) in [5.41, 5.74) is 3.64. The number of carbonyl (C=O) groups excluding carboxylic acids is 1. The Morgan fingerprint density at radius 1 is 1.09 bits per heavy atom. The summed E-state index contributed by atoms with van der Waals surface area (Å²) in [4.78, 5) is 15.3. The molecule has 0 spiro atoms. The standard InChI is InChI=1S/C24H24BrN3O4/c1-27(2)16-7-5-15(6-8-16)20-14-19(18-10-9-17(30-3)13-22(18)31-4)26-28(20)24(29)21-11-12-23(25)32-21/h5-13,20H,14H2,1-4H3/t20-/m0/s1. The minimum absolute atomic E-state index is 0.221. The number of rotatable bonds is 6. The van der Waals surface area contributed by atoms with Crippen LogP contribution in [0.3, 0.4) is 0 Å². The Balaban J connectivity index is 1.74. The number of amides is 1. The molecule has 4 rings (SSSR count). The largest absolute Gasteiger partial charge is 0.497 e. The van der Waals surface area contributed by atoms with Gasteiger partial charge in [0.1, 0.15) is 11.5 Å². The number of hydrogen-bond donors (Lipinski definition) is 0. The summed E-state index contributed by atoms with van der Waals surface area (Å²) in [6.07, 6.45) is 0.539. The van der Waals surface area contributed by atoms with E-state index in [1.54, 1.807) is 26.4 Å². The number of benzene rings is 2. The van der Waals surface area contributed by atoms with Crippen molar-refractivity contribution in [2.24, 2.45) is 5.10 Å². The summed E-state index contributed by atoms with van der Waals surface area (Å²) in [6, 6.07) is 16.8. The van der Waals surface area contributed by atoms with Gasteiger partial charge in [0.15, 0.2) is 10.4 Å². The van der Waals surface area contributed by atoms with Gasteiger partial charge in [0.25, 0.3) is 0 Å². The first-order valence-corrected chi connectivity index (χ1v) is 10.9. The Morgan fingerprint density at radius 2 is 1.84 bits per heavy atom. The Bertz CT molecular complexity index is 1150. The molecule has 2 heterocycles. The third-order valence-corrected chi connectivity index (χ3v) is 5.84. The van der Waals surface area contributed by atoms with Crippen LogP contribution in [0, 0.1) is 0 Å². The Kier molecular flexibility index (Phi) is 6.23. The molecule has 1 aliphatic rings. The van der Waals surface area contributed by atoms with Crippen LogP contribution in [-0.2, 0) is 0 Å². The molecule has 0 N–H and O–H groups in total. The van der Waals surface area contributed by atoms with Crippen LogP contribution in [0.5, 0.6) is 11.5 Å². The highest BCUT2D eigenvalue weighted by Crippen LogP contribution is 2.37. The maximum atomic E-state index is 13.3. The molecule has 0 unspecified atom stereocenters. The van der Waals surface area contributed by atoms with Gasteiger partial charge in [-0.1, -0.05) is 12.1 Å². The van der Waals surface area contributed by atoms with E-state index in [2.05, 4.69) is 15.9 Å². The second kappa shape index (κ2) is 9.08. The van der Waals surface area contributed by atoms with Gasteiger partial charge >= 0.3 is 5.91 Å². The van der Waals surface area contributed by atoms with Crippen LogP contribution in [0.1, 0.15) is 34.1 Å². The van der Waals surface area contributed by atoms with Crippen molar-refractivity contribution < 1.29 is 18.7 Å². The van der Waals surface area contributed by atoms with Crippen molar-refractivity contribution in [3.8, 4) is 11.5 Å². The fourth-order valence-electron chi connectivity index (χ4n) is 3.69. The van der Waals surface area contributed by atoms with Gasteiger partial charge in [-0.25, -0.2) is 5.01 Å². The average Bonchev–Trinajstić information content (AvgIpc) is 3.45. The van der Waals surface area contributed by atoms with Crippen LogP contribution < -0.4 is 14.4 Å². The zero-order valence-electron chi connectivity index (χ0n) is 18.3. The highest BCUT2D eigenvalue weighted by atomic mass is 79.9. The van der Waals surface area contributed by atoms with E-state index < -0.39 is 0 Å². The van der Waals surface area contributed by atoms with E-state index in [9.17, 15) is 4.79 Å². The van der Waals surface area contributed by atoms with Gasteiger partial charge in [-0.05, 0) is 57.9 Å². The molecule has 1 amide bonds. The van der Waals surface area contributed by atoms with Crippen molar-refractivity contribution in [3.05, 3.63) is 76.2 Å². The van der Waals surface area contributed by atoms with Crippen molar-refractivity contribution in [2.75, 3.05) is 33.2 Å². The number of ether oxygens (including phenoxy) is 2. The lowest BCUT2D eigenvalue weighted by Gasteiger charge is -2.22. The molecule has 1 aromatic heterocycles. The smallest absolute Gasteiger partial charge is 0.310 e. The second-order valence-electron chi connectivity index (χ2n) is 7.57. The zero-order chi connectivity index (χ0) is 22.8. The van der Waals surface area contributed by atoms with Crippen molar-refractivity contribution in [3.63, 3.8) is 0 Å². The molecule has 166 valence electrons. The number of nitrogens with zero attached hydrogens (tertiary/aromatic N) is 3. The van der Waals surface area contributed by atoms with E-state index in [0.717, 1.165) is 22.5 Å². The predicted molar refractivity (Wildman–Crippen MR) is 127 cm³/mol. The van der Waals surface area contributed by atoms with Crippen LogP contribution in [0.15, 0.2) is 68.8 Å². The fraction of sp³-hybridized carbons (Fsp3) is 0.250. The second-order valence-corrected chi connectivity index (χ2v) is 8.35. The first-order chi connectivity index (χ1) is 15.4. The molecule has 0 fully saturated rings. The lowest BCUT2D eigenvalue weighted by molar-refractivity contribution is 0.0677. The zero-order valence-corrected chi connectivity index (χ0v) is 19.9. The quantitative estimate of drug-likeness (QED) is 0.472. The number of methoxy groups -OCH3 is 2. The van der Waals surface area contributed by atoms with Crippen molar-refractivity contribution in [2.45, 2.75) is 12.5 Å². The number of furan rings is 1. The summed E-state index contributed by atoms with van der Waals surface area (Å²) >= 11 is 3.27. The lowest BCUT2D eigenvalue weighted by atomic mass is 9.97. The monoisotopic (exact) mass is 497 g/mol. The van der Waals surface area contributed by atoms with Gasteiger partial charge in [-0.15, -0.1) is 0 Å². The van der Waals surface area contributed by atoms with Gasteiger partial charge in [0, 0.05) is 37.8 Å². The highest BCUT2D eigenvalue weighted by Gasteiger charge is 2.35. The van der Waals surface area contributed by atoms with E-state index in [1.807, 2.05) is 61.5 Å². The molecule has 0 radical (unpaired) electrons. The lowest BCUT2D eigenvalue weighted by Crippen LogP contribution is -2.26. The van der Waals surface area contributed by atoms with Crippen LogP contribution in [0.25, 0.3) is 0 Å². The van der Waals surface area contributed by atoms with E-state index in [1.165, 1.54) is 5.01 Å². The normalized spacial score (nSPS) is 15.5. The summed E-state index contributed by atoms with van der Waals surface area (Å²) in [6.45, 7) is 0. The van der Waals surface area contributed by atoms with Crippen molar-refractivity contribution >= 4 is 33.2 Å². The maximum absolute atomic E-state index is 13.3. The minimum atomic E-state index is -0.306. The molecule has 2 aromatic carbocycles. The highest BCUT2D eigenvalue weighted by molar-refractivity contribution is 9.10. The van der Waals surface area contributed by atoms with E-state index in [0.29, 0.717) is 22.6 Å². The SMILES string of the molecule is COc1ccc(C2=NN(C(=O)c3ccc(Br)o3)[C@H](c3ccc(N(C)C)cc3)C2)c(OC)c1. The Hall–Kier alpha value is -3.26. The van der Waals surface area contributed by atoms with E-state index >= 15 is 0 Å². The number of hydrazone groups is 1. The summed E-state index contributed by atoms with van der Waals surface area (Å²) < 4.78 is 16.9. The van der Waals surface area contributed by atoms with Crippen LogP contribution in [-0.4, -0.2) is 44.9 Å². The Labute approximate surface area is 195 Å². The fourth-order valence-corrected chi connectivity index (χ4v) is 4.00. The Morgan fingerprint density at radius 3 is 2.44 bits per heavy atom. The molecule has 3 aromatic rings. The summed E-state index contributed by atoms with van der Waals surface area (Å²) in [5.74, 6) is 1.24. The van der Waals surface area contributed by atoms with E-state index in [4.69, 9.17) is 19.0 Å². The number of hydrogen-bond acceptors (Lipinski definition) is 6. The molecule has 32 heavy (non-hydrogen) atoms. The third-order valence-electron chi connectivity index (χ3n) is 5.42. The van der Waals surface area contributed by atoms with Gasteiger partial charge in [0.2, 0.25) is 0 Å². The molecule has 1 aliphatic heterocycles. The molecule has 0 saturated heterocycles. The first kappa shape index (κ1) is 22.0. The molecule has 0 bridgehead atoms. The average molecular weight is 498 g/mol. The molecule has 1 atom stereocenters. The molecule has 8 heteroatoms.